The number of benzene rings is 1. The first kappa shape index (κ1) is 13.2. The van der Waals surface area contributed by atoms with Crippen LogP contribution < -0.4 is 5.73 Å². The first-order chi connectivity index (χ1) is 8.68. The summed E-state index contributed by atoms with van der Waals surface area (Å²) in [7, 11) is 0. The highest BCUT2D eigenvalue weighted by atomic mass is 32.2. The Bertz CT molecular complexity index is 431. The van der Waals surface area contributed by atoms with E-state index in [1.807, 2.05) is 17.8 Å². The van der Waals surface area contributed by atoms with E-state index in [2.05, 4.69) is 4.90 Å². The van der Waals surface area contributed by atoms with Crippen LogP contribution in [0.25, 0.3) is 0 Å². The topological polar surface area (TPSA) is 72.4 Å². The van der Waals surface area contributed by atoms with Gasteiger partial charge in [-0.15, -0.1) is 0 Å². The molecule has 98 valence electrons. The number of para-hydroxylation sites is 1. The number of nitrogen functional groups attached to an aromatic ring is 1. The second kappa shape index (κ2) is 6.06. The summed E-state index contributed by atoms with van der Waals surface area (Å²) in [5, 5.41) is 10.8. The van der Waals surface area contributed by atoms with Gasteiger partial charge in [-0.1, -0.05) is 12.1 Å². The van der Waals surface area contributed by atoms with E-state index in [1.54, 1.807) is 6.07 Å². The van der Waals surface area contributed by atoms with Gasteiger partial charge in [0.1, 0.15) is 5.69 Å². The Balaban J connectivity index is 2.13. The fourth-order valence-corrected chi connectivity index (χ4v) is 3.02. The molecule has 1 saturated heterocycles. The molecule has 0 aliphatic carbocycles. The molecule has 0 spiro atoms. The minimum Gasteiger partial charge on any atom is -0.393 e. The molecule has 0 atom stereocenters. The maximum atomic E-state index is 10.8. The van der Waals surface area contributed by atoms with Crippen LogP contribution in [0.15, 0.2) is 18.2 Å². The Labute approximate surface area is 110 Å². The van der Waals surface area contributed by atoms with Crippen molar-refractivity contribution in [3.8, 4) is 0 Å². The molecular formula is C12H17N3O2S. The van der Waals surface area contributed by atoms with Gasteiger partial charge in [0.15, 0.2) is 0 Å². The summed E-state index contributed by atoms with van der Waals surface area (Å²) in [6, 6.07) is 5.04. The summed E-state index contributed by atoms with van der Waals surface area (Å²) in [4.78, 5) is 12.7. The first-order valence-electron chi connectivity index (χ1n) is 6.00. The van der Waals surface area contributed by atoms with Crippen LogP contribution in [0.2, 0.25) is 0 Å². The number of nitro groups is 1. The van der Waals surface area contributed by atoms with Crippen molar-refractivity contribution in [1.29, 1.82) is 0 Å². The summed E-state index contributed by atoms with van der Waals surface area (Å²) in [6.45, 7) is 2.76. The largest absolute Gasteiger partial charge is 0.393 e. The molecule has 2 N–H and O–H groups in total. The van der Waals surface area contributed by atoms with Gasteiger partial charge in [0.2, 0.25) is 0 Å². The standard InChI is InChI=1S/C12H17N3O2S/c13-12-10(3-1-4-11(12)15(16)17)9-14-5-2-7-18-8-6-14/h1,3-4H,2,5-9,13H2. The summed E-state index contributed by atoms with van der Waals surface area (Å²) in [5.74, 6) is 2.32. The molecule has 0 saturated carbocycles. The molecular weight excluding hydrogens is 250 g/mol. The van der Waals surface area contributed by atoms with Gasteiger partial charge < -0.3 is 5.73 Å². The molecule has 1 fully saturated rings. The number of nitrogens with zero attached hydrogens (tertiary/aromatic N) is 2. The molecule has 1 aliphatic heterocycles. The smallest absolute Gasteiger partial charge is 0.292 e. The number of anilines is 1. The zero-order chi connectivity index (χ0) is 13.0. The van der Waals surface area contributed by atoms with E-state index >= 15 is 0 Å². The highest BCUT2D eigenvalue weighted by Crippen LogP contribution is 2.26. The van der Waals surface area contributed by atoms with E-state index < -0.39 is 4.92 Å². The summed E-state index contributed by atoms with van der Waals surface area (Å²) in [6.07, 6.45) is 1.17. The lowest BCUT2D eigenvalue weighted by atomic mass is 10.1. The Hall–Kier alpha value is -1.27. The SMILES string of the molecule is Nc1c(CN2CCCSCC2)cccc1[N+](=O)[O-]. The zero-order valence-corrected chi connectivity index (χ0v) is 11.0. The fourth-order valence-electron chi connectivity index (χ4n) is 2.09. The average Bonchev–Trinajstić information content (AvgIpc) is 2.60. The van der Waals surface area contributed by atoms with Gasteiger partial charge in [-0.3, -0.25) is 15.0 Å². The van der Waals surface area contributed by atoms with Gasteiger partial charge in [-0.25, -0.2) is 0 Å². The van der Waals surface area contributed by atoms with Crippen molar-refractivity contribution in [2.24, 2.45) is 0 Å². The number of rotatable bonds is 3. The molecule has 5 nitrogen and oxygen atoms in total. The van der Waals surface area contributed by atoms with Crippen molar-refractivity contribution < 1.29 is 4.92 Å². The van der Waals surface area contributed by atoms with Gasteiger partial charge in [-0.2, -0.15) is 11.8 Å². The Morgan fingerprint density at radius 1 is 1.39 bits per heavy atom. The molecule has 0 bridgehead atoms. The molecule has 1 heterocycles. The lowest BCUT2D eigenvalue weighted by molar-refractivity contribution is -0.384. The van der Waals surface area contributed by atoms with E-state index in [4.69, 9.17) is 5.73 Å². The van der Waals surface area contributed by atoms with Crippen LogP contribution in [0.5, 0.6) is 0 Å². The second-order valence-electron chi connectivity index (χ2n) is 4.35. The van der Waals surface area contributed by atoms with Crippen LogP contribution in [0.3, 0.4) is 0 Å². The molecule has 0 amide bonds. The lowest BCUT2D eigenvalue weighted by Crippen LogP contribution is -2.26. The number of nitrogens with two attached hydrogens (primary N) is 1. The van der Waals surface area contributed by atoms with Gasteiger partial charge in [0, 0.05) is 24.9 Å². The van der Waals surface area contributed by atoms with Gasteiger partial charge in [-0.05, 0) is 24.3 Å². The van der Waals surface area contributed by atoms with Crippen LogP contribution in [0.1, 0.15) is 12.0 Å². The van der Waals surface area contributed by atoms with E-state index in [0.29, 0.717) is 12.2 Å². The van der Waals surface area contributed by atoms with Crippen LogP contribution in [-0.2, 0) is 6.54 Å². The van der Waals surface area contributed by atoms with Gasteiger partial charge in [0.05, 0.1) is 4.92 Å². The highest BCUT2D eigenvalue weighted by molar-refractivity contribution is 7.99. The van der Waals surface area contributed by atoms with E-state index in [0.717, 1.165) is 24.4 Å². The molecule has 2 rings (SSSR count). The molecule has 0 unspecified atom stereocenters. The lowest BCUT2D eigenvalue weighted by Gasteiger charge is -2.20. The third-order valence-electron chi connectivity index (χ3n) is 3.08. The Morgan fingerprint density at radius 3 is 3.00 bits per heavy atom. The molecule has 1 aromatic rings. The highest BCUT2D eigenvalue weighted by Gasteiger charge is 2.17. The monoisotopic (exact) mass is 267 g/mol. The number of hydrogen-bond donors (Lipinski definition) is 1. The number of thioether (sulfide) groups is 1. The summed E-state index contributed by atoms with van der Waals surface area (Å²) >= 11 is 1.96. The number of nitro benzene ring substituents is 1. The second-order valence-corrected chi connectivity index (χ2v) is 5.57. The third kappa shape index (κ3) is 3.14. The fraction of sp³-hybridized carbons (Fsp3) is 0.500. The molecule has 0 radical (unpaired) electrons. The Morgan fingerprint density at radius 2 is 2.22 bits per heavy atom. The van der Waals surface area contributed by atoms with Crippen LogP contribution in [0.4, 0.5) is 11.4 Å². The Kier molecular flexibility index (Phi) is 4.43. The predicted octanol–water partition coefficient (Wildman–Crippen LogP) is 2.12. The van der Waals surface area contributed by atoms with Crippen LogP contribution in [-0.4, -0.2) is 34.4 Å². The van der Waals surface area contributed by atoms with Crippen LogP contribution >= 0.6 is 11.8 Å². The van der Waals surface area contributed by atoms with Crippen molar-refractivity contribution in [3.05, 3.63) is 33.9 Å². The van der Waals surface area contributed by atoms with E-state index in [-0.39, 0.29) is 5.69 Å². The summed E-state index contributed by atoms with van der Waals surface area (Å²) < 4.78 is 0. The molecule has 1 aliphatic rings. The van der Waals surface area contributed by atoms with E-state index in [1.165, 1.54) is 18.2 Å². The maximum Gasteiger partial charge on any atom is 0.292 e. The van der Waals surface area contributed by atoms with Gasteiger partial charge in [0.25, 0.3) is 5.69 Å². The maximum absolute atomic E-state index is 10.8. The van der Waals surface area contributed by atoms with Crippen molar-refractivity contribution >= 4 is 23.1 Å². The van der Waals surface area contributed by atoms with Crippen molar-refractivity contribution in [2.45, 2.75) is 13.0 Å². The number of hydrogen-bond acceptors (Lipinski definition) is 5. The molecule has 0 aromatic heterocycles. The minimum atomic E-state index is -0.420. The average molecular weight is 267 g/mol. The van der Waals surface area contributed by atoms with Crippen molar-refractivity contribution in [1.82, 2.24) is 4.90 Å². The zero-order valence-electron chi connectivity index (χ0n) is 10.2. The quantitative estimate of drug-likeness (QED) is 0.516. The molecule has 18 heavy (non-hydrogen) atoms. The van der Waals surface area contributed by atoms with Crippen molar-refractivity contribution in [3.63, 3.8) is 0 Å². The van der Waals surface area contributed by atoms with Gasteiger partial charge >= 0.3 is 0 Å². The predicted molar refractivity (Wildman–Crippen MR) is 74.7 cm³/mol. The van der Waals surface area contributed by atoms with Crippen LogP contribution in [0, 0.1) is 10.1 Å². The molecule has 6 heteroatoms. The van der Waals surface area contributed by atoms with Crippen molar-refractivity contribution in [2.75, 3.05) is 30.3 Å². The van der Waals surface area contributed by atoms with E-state index in [9.17, 15) is 10.1 Å². The molecule has 1 aromatic carbocycles. The minimum absolute atomic E-state index is 0.0108. The first-order valence-corrected chi connectivity index (χ1v) is 7.16. The third-order valence-corrected chi connectivity index (χ3v) is 4.13. The summed E-state index contributed by atoms with van der Waals surface area (Å²) in [5.41, 5.74) is 7.04. The normalized spacial score (nSPS) is 17.3.